The van der Waals surface area contributed by atoms with E-state index in [0.29, 0.717) is 5.75 Å². The second-order valence-electron chi connectivity index (χ2n) is 3.88. The fraction of sp³-hybridized carbons (Fsp3) is 0.417. The highest BCUT2D eigenvalue weighted by Gasteiger charge is 2.03. The highest BCUT2D eigenvalue weighted by Crippen LogP contribution is 2.16. The number of thioether (sulfide) groups is 1. The van der Waals surface area contributed by atoms with Crippen LogP contribution < -0.4 is 11.1 Å². The minimum absolute atomic E-state index is 0.0257. The first-order valence-electron chi connectivity index (χ1n) is 5.46. The summed E-state index contributed by atoms with van der Waals surface area (Å²) in [5.41, 5.74) is 6.45. The molecule has 1 atom stereocenters. The number of hydrogen-bond acceptors (Lipinski definition) is 3. The van der Waals surface area contributed by atoms with Crippen LogP contribution in [0.4, 0.5) is 5.69 Å². The summed E-state index contributed by atoms with van der Waals surface area (Å²) in [4.78, 5) is 11.6. The Balaban J connectivity index is 2.25. The SMILES string of the molecule is CC(N)CCSCC(=O)Nc1cccc(Br)c1. The zero-order valence-corrected chi connectivity index (χ0v) is 12.2. The maximum Gasteiger partial charge on any atom is 0.234 e. The topological polar surface area (TPSA) is 55.1 Å². The molecule has 3 nitrogen and oxygen atoms in total. The third-order valence-electron chi connectivity index (χ3n) is 2.06. The predicted octanol–water partition coefficient (Wildman–Crippen LogP) is 2.86. The van der Waals surface area contributed by atoms with E-state index >= 15 is 0 Å². The molecule has 5 heteroatoms. The molecule has 0 heterocycles. The first-order chi connectivity index (χ1) is 8.08. The molecule has 1 aromatic rings. The Morgan fingerprint density at radius 3 is 3.00 bits per heavy atom. The van der Waals surface area contributed by atoms with Gasteiger partial charge in [-0.25, -0.2) is 0 Å². The Hall–Kier alpha value is -0.520. The number of nitrogens with two attached hydrogens (primary N) is 1. The molecule has 94 valence electrons. The second-order valence-corrected chi connectivity index (χ2v) is 5.90. The van der Waals surface area contributed by atoms with E-state index in [1.165, 1.54) is 0 Å². The zero-order valence-electron chi connectivity index (χ0n) is 9.78. The lowest BCUT2D eigenvalue weighted by atomic mass is 10.3. The minimum atomic E-state index is 0.0257. The smallest absolute Gasteiger partial charge is 0.234 e. The summed E-state index contributed by atoms with van der Waals surface area (Å²) in [5.74, 6) is 1.42. The number of benzene rings is 1. The lowest BCUT2D eigenvalue weighted by molar-refractivity contribution is -0.113. The fourth-order valence-corrected chi connectivity index (χ4v) is 2.54. The van der Waals surface area contributed by atoms with E-state index in [9.17, 15) is 4.79 Å². The minimum Gasteiger partial charge on any atom is -0.328 e. The van der Waals surface area contributed by atoms with Crippen molar-refractivity contribution in [3.63, 3.8) is 0 Å². The van der Waals surface area contributed by atoms with E-state index < -0.39 is 0 Å². The van der Waals surface area contributed by atoms with Gasteiger partial charge in [-0.2, -0.15) is 11.8 Å². The van der Waals surface area contributed by atoms with E-state index in [1.807, 2.05) is 31.2 Å². The van der Waals surface area contributed by atoms with Crippen molar-refractivity contribution in [2.75, 3.05) is 16.8 Å². The summed E-state index contributed by atoms with van der Waals surface area (Å²) in [7, 11) is 0. The van der Waals surface area contributed by atoms with Gasteiger partial charge in [0.15, 0.2) is 0 Å². The van der Waals surface area contributed by atoms with Gasteiger partial charge in [0, 0.05) is 16.2 Å². The van der Waals surface area contributed by atoms with Crippen molar-refractivity contribution in [3.05, 3.63) is 28.7 Å². The quantitative estimate of drug-likeness (QED) is 0.793. The standard InChI is InChI=1S/C12H17BrN2OS/c1-9(14)5-6-17-8-12(16)15-11-4-2-3-10(13)7-11/h2-4,7,9H,5-6,8,14H2,1H3,(H,15,16). The van der Waals surface area contributed by atoms with Gasteiger partial charge in [-0.3, -0.25) is 4.79 Å². The van der Waals surface area contributed by atoms with Gasteiger partial charge in [0.2, 0.25) is 5.91 Å². The average molecular weight is 317 g/mol. The van der Waals surface area contributed by atoms with Crippen molar-refractivity contribution in [1.82, 2.24) is 0 Å². The van der Waals surface area contributed by atoms with Gasteiger partial charge in [0.1, 0.15) is 0 Å². The summed E-state index contributed by atoms with van der Waals surface area (Å²) >= 11 is 4.97. The highest BCUT2D eigenvalue weighted by atomic mass is 79.9. The predicted molar refractivity (Wildman–Crippen MR) is 78.4 cm³/mol. The fourth-order valence-electron chi connectivity index (χ4n) is 1.20. The van der Waals surface area contributed by atoms with Crippen LogP contribution in [0.1, 0.15) is 13.3 Å². The molecule has 17 heavy (non-hydrogen) atoms. The number of carbonyl (C=O) groups excluding carboxylic acids is 1. The van der Waals surface area contributed by atoms with Crippen LogP contribution in [0.2, 0.25) is 0 Å². The molecular formula is C12H17BrN2OS. The molecule has 1 aromatic carbocycles. The van der Waals surface area contributed by atoms with Crippen LogP contribution >= 0.6 is 27.7 Å². The van der Waals surface area contributed by atoms with Gasteiger partial charge in [0.25, 0.3) is 0 Å². The van der Waals surface area contributed by atoms with Crippen molar-refractivity contribution in [2.24, 2.45) is 5.73 Å². The third-order valence-corrected chi connectivity index (χ3v) is 3.54. The summed E-state index contributed by atoms with van der Waals surface area (Å²) in [6.07, 6.45) is 0.939. The average Bonchev–Trinajstić information content (AvgIpc) is 2.24. The van der Waals surface area contributed by atoms with Crippen molar-refractivity contribution in [3.8, 4) is 0 Å². The Kier molecular flexibility index (Phi) is 6.62. The Morgan fingerprint density at radius 2 is 2.35 bits per heavy atom. The molecule has 0 aliphatic rings. The Bertz CT molecular complexity index is 371. The van der Waals surface area contributed by atoms with Crippen molar-refractivity contribution >= 4 is 39.3 Å². The van der Waals surface area contributed by atoms with Crippen LogP contribution in [0.15, 0.2) is 28.7 Å². The molecule has 0 fully saturated rings. The van der Waals surface area contributed by atoms with E-state index in [-0.39, 0.29) is 11.9 Å². The molecule has 0 saturated carbocycles. The molecule has 0 aliphatic heterocycles. The summed E-state index contributed by atoms with van der Waals surface area (Å²) in [6.45, 7) is 1.97. The molecule has 0 aromatic heterocycles. The first-order valence-corrected chi connectivity index (χ1v) is 7.41. The lowest BCUT2D eigenvalue weighted by Crippen LogP contribution is -2.17. The molecule has 0 radical (unpaired) electrons. The zero-order chi connectivity index (χ0) is 12.7. The number of rotatable bonds is 6. The maximum atomic E-state index is 11.6. The largest absolute Gasteiger partial charge is 0.328 e. The summed E-state index contributed by atoms with van der Waals surface area (Å²) in [6, 6.07) is 7.77. The van der Waals surface area contributed by atoms with E-state index in [4.69, 9.17) is 5.73 Å². The highest BCUT2D eigenvalue weighted by molar-refractivity contribution is 9.10. The van der Waals surface area contributed by atoms with Crippen LogP contribution in [0.3, 0.4) is 0 Å². The molecule has 0 aliphatic carbocycles. The summed E-state index contributed by atoms with van der Waals surface area (Å²) < 4.78 is 0.958. The van der Waals surface area contributed by atoms with Crippen LogP contribution in [-0.2, 0) is 4.79 Å². The van der Waals surface area contributed by atoms with Crippen LogP contribution in [0.25, 0.3) is 0 Å². The molecule has 0 bridgehead atoms. The number of halogens is 1. The van der Waals surface area contributed by atoms with Crippen LogP contribution in [0.5, 0.6) is 0 Å². The van der Waals surface area contributed by atoms with E-state index in [0.717, 1.165) is 22.3 Å². The number of carbonyl (C=O) groups is 1. The maximum absolute atomic E-state index is 11.6. The van der Waals surface area contributed by atoms with E-state index in [2.05, 4.69) is 21.2 Å². The monoisotopic (exact) mass is 316 g/mol. The van der Waals surface area contributed by atoms with Crippen molar-refractivity contribution in [2.45, 2.75) is 19.4 Å². The van der Waals surface area contributed by atoms with Gasteiger partial charge in [0.05, 0.1) is 5.75 Å². The molecule has 3 N–H and O–H groups in total. The second kappa shape index (κ2) is 7.74. The van der Waals surface area contributed by atoms with E-state index in [1.54, 1.807) is 11.8 Å². The van der Waals surface area contributed by atoms with Gasteiger partial charge in [-0.1, -0.05) is 22.0 Å². The van der Waals surface area contributed by atoms with Crippen molar-refractivity contribution < 1.29 is 4.79 Å². The van der Waals surface area contributed by atoms with Gasteiger partial charge in [-0.05, 0) is 37.3 Å². The van der Waals surface area contributed by atoms with Crippen molar-refractivity contribution in [1.29, 1.82) is 0 Å². The lowest BCUT2D eigenvalue weighted by Gasteiger charge is -2.06. The third kappa shape index (κ3) is 6.71. The molecule has 1 amide bonds. The number of amides is 1. The molecular weight excluding hydrogens is 300 g/mol. The van der Waals surface area contributed by atoms with Gasteiger partial charge in [-0.15, -0.1) is 0 Å². The Morgan fingerprint density at radius 1 is 1.59 bits per heavy atom. The summed E-state index contributed by atoms with van der Waals surface area (Å²) in [5, 5.41) is 2.85. The molecule has 1 unspecified atom stereocenters. The van der Waals surface area contributed by atoms with Crippen LogP contribution in [-0.4, -0.2) is 23.5 Å². The number of hydrogen-bond donors (Lipinski definition) is 2. The molecule has 0 saturated heterocycles. The number of anilines is 1. The van der Waals surface area contributed by atoms with Crippen LogP contribution in [0, 0.1) is 0 Å². The normalized spacial score (nSPS) is 12.2. The first kappa shape index (κ1) is 14.5. The Labute approximate surface area is 115 Å². The molecule has 1 rings (SSSR count). The van der Waals surface area contributed by atoms with Gasteiger partial charge < -0.3 is 11.1 Å². The van der Waals surface area contributed by atoms with Gasteiger partial charge >= 0.3 is 0 Å². The number of nitrogens with one attached hydrogen (secondary N) is 1. The molecule has 0 spiro atoms.